The standard InChI is InChI=1S/C20H16F2N6O4S/c21-20(22)32-16-5-4-12(33(30,31)11-2-3-11)8-13(16)17-15(10-24-27-17)26-19(29)14-9-25-28-7-1-6-23-18(14)28/h1,4-11,20H,2-3H2,(H,24,27)(H,26,29). The van der Waals surface area contributed by atoms with E-state index >= 15 is 0 Å². The first-order chi connectivity index (χ1) is 15.8. The van der Waals surface area contributed by atoms with Gasteiger partial charge in [0.2, 0.25) is 0 Å². The largest absolute Gasteiger partial charge is 0.434 e. The topological polar surface area (TPSA) is 131 Å². The molecule has 3 aromatic heterocycles. The summed E-state index contributed by atoms with van der Waals surface area (Å²) in [5.74, 6) is -0.832. The molecule has 170 valence electrons. The molecule has 0 spiro atoms. The Morgan fingerprint density at radius 3 is 2.85 bits per heavy atom. The van der Waals surface area contributed by atoms with Gasteiger partial charge in [0, 0.05) is 18.0 Å². The molecule has 1 aliphatic rings. The maximum Gasteiger partial charge on any atom is 0.387 e. The second-order valence-corrected chi connectivity index (χ2v) is 9.57. The summed E-state index contributed by atoms with van der Waals surface area (Å²) in [5, 5.41) is 12.7. The number of hydrogen-bond acceptors (Lipinski definition) is 7. The highest BCUT2D eigenvalue weighted by molar-refractivity contribution is 7.92. The Morgan fingerprint density at radius 2 is 2.09 bits per heavy atom. The van der Waals surface area contributed by atoms with Crippen molar-refractivity contribution in [1.82, 2.24) is 24.8 Å². The lowest BCUT2D eigenvalue weighted by Crippen LogP contribution is -2.13. The first-order valence-corrected chi connectivity index (χ1v) is 11.4. The van der Waals surface area contributed by atoms with Gasteiger partial charge in [-0.25, -0.2) is 17.9 Å². The van der Waals surface area contributed by atoms with Crippen LogP contribution in [-0.4, -0.2) is 51.0 Å². The zero-order valence-electron chi connectivity index (χ0n) is 16.8. The molecule has 1 aromatic carbocycles. The van der Waals surface area contributed by atoms with E-state index in [9.17, 15) is 22.0 Å². The summed E-state index contributed by atoms with van der Waals surface area (Å²) < 4.78 is 57.4. The van der Waals surface area contributed by atoms with Crippen LogP contribution in [0.2, 0.25) is 0 Å². The maximum absolute atomic E-state index is 13.0. The molecule has 0 aliphatic heterocycles. The fourth-order valence-electron chi connectivity index (χ4n) is 3.41. The molecule has 33 heavy (non-hydrogen) atoms. The van der Waals surface area contributed by atoms with Gasteiger partial charge in [0.15, 0.2) is 15.5 Å². The van der Waals surface area contributed by atoms with Crippen LogP contribution < -0.4 is 10.1 Å². The molecule has 3 heterocycles. The number of aromatic amines is 1. The molecule has 10 nitrogen and oxygen atoms in total. The van der Waals surface area contributed by atoms with E-state index in [0.717, 1.165) is 0 Å². The molecule has 4 aromatic rings. The van der Waals surface area contributed by atoms with Crippen molar-refractivity contribution in [2.75, 3.05) is 5.32 Å². The molecular formula is C20H16F2N6O4S. The minimum absolute atomic E-state index is 0.0165. The van der Waals surface area contributed by atoms with Gasteiger partial charge in [-0.3, -0.25) is 9.89 Å². The number of nitrogens with one attached hydrogen (secondary N) is 2. The van der Waals surface area contributed by atoms with Crippen LogP contribution >= 0.6 is 0 Å². The van der Waals surface area contributed by atoms with Crippen LogP contribution in [0.4, 0.5) is 14.5 Å². The number of benzene rings is 1. The summed E-state index contributed by atoms with van der Waals surface area (Å²) in [5.41, 5.74) is 0.755. The number of H-pyrrole nitrogens is 1. The lowest BCUT2D eigenvalue weighted by Gasteiger charge is -2.13. The monoisotopic (exact) mass is 474 g/mol. The van der Waals surface area contributed by atoms with Crippen LogP contribution in [0.3, 0.4) is 0 Å². The van der Waals surface area contributed by atoms with E-state index in [1.165, 1.54) is 41.3 Å². The number of amides is 1. The van der Waals surface area contributed by atoms with Crippen LogP contribution in [0, 0.1) is 0 Å². The Bertz CT molecular complexity index is 1460. The van der Waals surface area contributed by atoms with Crippen LogP contribution in [0.25, 0.3) is 16.9 Å². The summed E-state index contributed by atoms with van der Waals surface area (Å²) in [6, 6.07) is 5.29. The van der Waals surface area contributed by atoms with Crippen LogP contribution in [0.5, 0.6) is 5.75 Å². The predicted octanol–water partition coefficient (Wildman–Crippen LogP) is 2.91. The average Bonchev–Trinajstić information content (AvgIpc) is 3.42. The van der Waals surface area contributed by atoms with Gasteiger partial charge < -0.3 is 10.1 Å². The first-order valence-electron chi connectivity index (χ1n) is 9.81. The normalized spacial score (nSPS) is 14.0. The van der Waals surface area contributed by atoms with Crippen molar-refractivity contribution in [2.24, 2.45) is 0 Å². The molecule has 1 aliphatic carbocycles. The van der Waals surface area contributed by atoms with Gasteiger partial charge in [0.25, 0.3) is 5.91 Å². The van der Waals surface area contributed by atoms with E-state index in [1.54, 1.807) is 12.3 Å². The molecule has 0 bridgehead atoms. The number of sulfone groups is 1. The number of fused-ring (bicyclic) bond motifs is 1. The van der Waals surface area contributed by atoms with Gasteiger partial charge in [0.05, 0.1) is 33.9 Å². The van der Waals surface area contributed by atoms with E-state index in [0.29, 0.717) is 18.5 Å². The van der Waals surface area contributed by atoms with Crippen molar-refractivity contribution in [3.05, 3.63) is 54.6 Å². The van der Waals surface area contributed by atoms with Crippen LogP contribution in [0.15, 0.2) is 53.9 Å². The molecule has 2 N–H and O–H groups in total. The van der Waals surface area contributed by atoms with Crippen molar-refractivity contribution in [1.29, 1.82) is 0 Å². The van der Waals surface area contributed by atoms with Gasteiger partial charge in [-0.15, -0.1) is 0 Å². The third-order valence-electron chi connectivity index (χ3n) is 5.14. The lowest BCUT2D eigenvalue weighted by molar-refractivity contribution is -0.0494. The fraction of sp³-hybridized carbons (Fsp3) is 0.200. The van der Waals surface area contributed by atoms with Gasteiger partial charge in [-0.1, -0.05) is 0 Å². The number of aromatic nitrogens is 5. The second-order valence-electron chi connectivity index (χ2n) is 7.34. The Kier molecular flexibility index (Phi) is 5.04. The molecule has 0 radical (unpaired) electrons. The van der Waals surface area contributed by atoms with E-state index in [-0.39, 0.29) is 33.2 Å². The second kappa shape index (κ2) is 7.92. The maximum atomic E-state index is 13.0. The van der Waals surface area contributed by atoms with Gasteiger partial charge in [-0.2, -0.15) is 19.0 Å². The number of rotatable bonds is 7. The number of ether oxygens (including phenoxy) is 1. The molecule has 5 rings (SSSR count). The summed E-state index contributed by atoms with van der Waals surface area (Å²) in [6.07, 6.45) is 6.85. The molecule has 0 atom stereocenters. The van der Waals surface area contributed by atoms with Crippen molar-refractivity contribution < 1.29 is 26.7 Å². The molecular weight excluding hydrogens is 458 g/mol. The molecule has 0 saturated heterocycles. The van der Waals surface area contributed by atoms with Gasteiger partial charge >= 0.3 is 6.61 Å². The number of carbonyl (C=O) groups excluding carboxylic acids is 1. The van der Waals surface area contributed by atoms with E-state index in [4.69, 9.17) is 0 Å². The first kappa shape index (κ1) is 21.0. The highest BCUT2D eigenvalue weighted by atomic mass is 32.2. The number of nitrogens with zero attached hydrogens (tertiary/aromatic N) is 4. The number of halogens is 2. The molecule has 13 heteroatoms. The van der Waals surface area contributed by atoms with Gasteiger partial charge in [0.1, 0.15) is 11.3 Å². The van der Waals surface area contributed by atoms with Gasteiger partial charge in [-0.05, 0) is 37.1 Å². The lowest BCUT2D eigenvalue weighted by atomic mass is 10.1. The fourth-order valence-corrected chi connectivity index (χ4v) is 5.10. The Labute approximate surface area is 185 Å². The predicted molar refractivity (Wildman–Crippen MR) is 112 cm³/mol. The SMILES string of the molecule is O=C(Nc1cn[nH]c1-c1cc(S(=O)(=O)C2CC2)ccc1OC(F)F)c1cnn2cccnc12. The Hall–Kier alpha value is -3.87. The number of alkyl halides is 2. The van der Waals surface area contributed by atoms with Crippen molar-refractivity contribution in [3.63, 3.8) is 0 Å². The van der Waals surface area contributed by atoms with Crippen LogP contribution in [0.1, 0.15) is 23.2 Å². The highest BCUT2D eigenvalue weighted by Crippen LogP contribution is 2.39. The third kappa shape index (κ3) is 3.91. The quantitative estimate of drug-likeness (QED) is 0.421. The van der Waals surface area contributed by atoms with Crippen molar-refractivity contribution in [2.45, 2.75) is 29.6 Å². The molecule has 1 saturated carbocycles. The van der Waals surface area contributed by atoms with Crippen molar-refractivity contribution >= 4 is 27.1 Å². The zero-order valence-corrected chi connectivity index (χ0v) is 17.6. The van der Waals surface area contributed by atoms with Crippen LogP contribution in [-0.2, 0) is 9.84 Å². The third-order valence-corrected chi connectivity index (χ3v) is 7.40. The average molecular weight is 474 g/mol. The van der Waals surface area contributed by atoms with E-state index in [1.807, 2.05) is 0 Å². The smallest absolute Gasteiger partial charge is 0.387 e. The Balaban J connectivity index is 1.53. The molecule has 1 amide bonds. The summed E-state index contributed by atoms with van der Waals surface area (Å²) in [7, 11) is -3.60. The molecule has 1 fully saturated rings. The highest BCUT2D eigenvalue weighted by Gasteiger charge is 2.37. The number of anilines is 1. The number of carbonyl (C=O) groups is 1. The minimum atomic E-state index is -3.60. The Morgan fingerprint density at radius 1 is 1.27 bits per heavy atom. The summed E-state index contributed by atoms with van der Waals surface area (Å²) in [4.78, 5) is 17.0. The zero-order chi connectivity index (χ0) is 23.2. The van der Waals surface area contributed by atoms with E-state index in [2.05, 4.69) is 30.3 Å². The summed E-state index contributed by atoms with van der Waals surface area (Å²) >= 11 is 0. The molecule has 0 unspecified atom stereocenters. The summed E-state index contributed by atoms with van der Waals surface area (Å²) in [6.45, 7) is -3.14. The van der Waals surface area contributed by atoms with Crippen molar-refractivity contribution in [3.8, 4) is 17.0 Å². The minimum Gasteiger partial charge on any atom is -0.434 e. The number of hydrogen-bond donors (Lipinski definition) is 2. The van der Waals surface area contributed by atoms with E-state index < -0.39 is 27.6 Å².